The zero-order valence-corrected chi connectivity index (χ0v) is 11.0. The van der Waals surface area contributed by atoms with E-state index in [1.165, 1.54) is 32.4 Å². The standard InChI is InChI=1S/C14H24N2O/c1-10-6-16(7-11(2)17-10)14-9-15-8-13(14)5-3-4-12(13)14/h10-12,15H,3-9H2,1-2H3/t10-,11+,12-,13+,14-/m0/s1. The Hall–Kier alpha value is -0.120. The number of piperidine rings is 1. The Kier molecular flexibility index (Phi) is 2.06. The summed E-state index contributed by atoms with van der Waals surface area (Å²) in [7, 11) is 0. The van der Waals surface area contributed by atoms with Gasteiger partial charge in [-0.05, 0) is 32.6 Å². The second-order valence-corrected chi connectivity index (χ2v) is 6.79. The SMILES string of the molecule is C[C@@H]1CN([C@]23CNC[C@@]24CCC[C@@H]43)C[C@H](C)O1. The van der Waals surface area contributed by atoms with E-state index in [2.05, 4.69) is 24.1 Å². The van der Waals surface area contributed by atoms with Crippen molar-refractivity contribution >= 4 is 0 Å². The van der Waals surface area contributed by atoms with Crippen LogP contribution in [0.5, 0.6) is 0 Å². The van der Waals surface area contributed by atoms with Crippen LogP contribution in [0.25, 0.3) is 0 Å². The van der Waals surface area contributed by atoms with Gasteiger partial charge in [-0.2, -0.15) is 0 Å². The third kappa shape index (κ3) is 1.14. The van der Waals surface area contributed by atoms with Gasteiger partial charge in [0, 0.05) is 37.1 Å². The summed E-state index contributed by atoms with van der Waals surface area (Å²) in [6.45, 7) is 9.25. The van der Waals surface area contributed by atoms with Crippen molar-refractivity contribution in [2.75, 3.05) is 26.2 Å². The van der Waals surface area contributed by atoms with E-state index in [9.17, 15) is 0 Å². The third-order valence-corrected chi connectivity index (χ3v) is 5.96. The van der Waals surface area contributed by atoms with Gasteiger partial charge in [-0.1, -0.05) is 6.42 Å². The fraction of sp³-hybridized carbons (Fsp3) is 1.00. The minimum Gasteiger partial charge on any atom is -0.373 e. The van der Waals surface area contributed by atoms with E-state index >= 15 is 0 Å². The fourth-order valence-corrected chi connectivity index (χ4v) is 5.56. The summed E-state index contributed by atoms with van der Waals surface area (Å²) < 4.78 is 5.90. The number of hydrogen-bond donors (Lipinski definition) is 1. The molecular formula is C14H24N2O. The maximum atomic E-state index is 5.90. The summed E-state index contributed by atoms with van der Waals surface area (Å²) in [5.41, 5.74) is 1.18. The third-order valence-electron chi connectivity index (χ3n) is 5.96. The number of nitrogens with one attached hydrogen (secondary N) is 1. The molecule has 4 aliphatic rings. The number of nitrogens with zero attached hydrogens (tertiary/aromatic N) is 1. The molecule has 2 aliphatic heterocycles. The Morgan fingerprint density at radius 3 is 2.65 bits per heavy atom. The Bertz CT molecular complexity index is 333. The molecule has 3 heteroatoms. The molecule has 0 unspecified atom stereocenters. The molecule has 4 fully saturated rings. The van der Waals surface area contributed by atoms with E-state index < -0.39 is 0 Å². The van der Waals surface area contributed by atoms with Crippen LogP contribution in [0.1, 0.15) is 33.1 Å². The minimum absolute atomic E-state index is 0.409. The Morgan fingerprint density at radius 1 is 1.18 bits per heavy atom. The van der Waals surface area contributed by atoms with Crippen LogP contribution in [0.2, 0.25) is 0 Å². The lowest BCUT2D eigenvalue weighted by Crippen LogP contribution is -2.55. The zero-order valence-electron chi connectivity index (χ0n) is 11.0. The minimum atomic E-state index is 0.409. The summed E-state index contributed by atoms with van der Waals surface area (Å²) in [6.07, 6.45) is 5.22. The summed E-state index contributed by atoms with van der Waals surface area (Å²) in [5.74, 6) is 0.994. The van der Waals surface area contributed by atoms with Crippen molar-refractivity contribution in [1.82, 2.24) is 10.2 Å². The molecule has 1 N–H and O–H groups in total. The van der Waals surface area contributed by atoms with E-state index in [1.54, 1.807) is 0 Å². The lowest BCUT2D eigenvalue weighted by atomic mass is 9.95. The van der Waals surface area contributed by atoms with Gasteiger partial charge in [-0.15, -0.1) is 0 Å². The van der Waals surface area contributed by atoms with Crippen molar-refractivity contribution in [3.05, 3.63) is 0 Å². The van der Waals surface area contributed by atoms with E-state index in [0.717, 1.165) is 19.0 Å². The quantitative estimate of drug-likeness (QED) is 0.741. The van der Waals surface area contributed by atoms with Gasteiger partial charge in [0.2, 0.25) is 0 Å². The molecule has 3 nitrogen and oxygen atoms in total. The highest BCUT2D eigenvalue weighted by molar-refractivity contribution is 5.35. The van der Waals surface area contributed by atoms with Crippen molar-refractivity contribution in [2.24, 2.45) is 11.3 Å². The van der Waals surface area contributed by atoms with Gasteiger partial charge in [0.05, 0.1) is 12.2 Å². The first-order chi connectivity index (χ1) is 8.19. The average Bonchev–Trinajstić information content (AvgIpc) is 2.70. The van der Waals surface area contributed by atoms with Gasteiger partial charge >= 0.3 is 0 Å². The van der Waals surface area contributed by atoms with Gasteiger partial charge in [0.25, 0.3) is 0 Å². The zero-order chi connectivity index (χ0) is 11.7. The molecule has 2 saturated carbocycles. The van der Waals surface area contributed by atoms with E-state index in [-0.39, 0.29) is 0 Å². The molecule has 2 heterocycles. The van der Waals surface area contributed by atoms with Crippen LogP contribution >= 0.6 is 0 Å². The Balaban J connectivity index is 1.62. The predicted octanol–water partition coefficient (Wildman–Crippen LogP) is 1.24. The van der Waals surface area contributed by atoms with Crippen molar-refractivity contribution in [1.29, 1.82) is 0 Å². The Labute approximate surface area is 104 Å². The molecular weight excluding hydrogens is 212 g/mol. The molecule has 0 aromatic heterocycles. The number of hydrogen-bond acceptors (Lipinski definition) is 3. The topological polar surface area (TPSA) is 24.5 Å². The summed E-state index contributed by atoms with van der Waals surface area (Å²) in [4.78, 5) is 2.79. The maximum absolute atomic E-state index is 5.90. The second kappa shape index (κ2) is 3.25. The lowest BCUT2D eigenvalue weighted by molar-refractivity contribution is -0.0895. The van der Waals surface area contributed by atoms with Crippen LogP contribution in [-0.4, -0.2) is 48.8 Å². The lowest BCUT2D eigenvalue weighted by Gasteiger charge is -2.42. The van der Waals surface area contributed by atoms with Crippen LogP contribution in [0.3, 0.4) is 0 Å². The van der Waals surface area contributed by atoms with E-state index in [0.29, 0.717) is 23.2 Å². The molecule has 0 bridgehead atoms. The highest BCUT2D eigenvalue weighted by Gasteiger charge is 2.81. The molecule has 2 saturated heterocycles. The van der Waals surface area contributed by atoms with Crippen molar-refractivity contribution < 1.29 is 4.74 Å². The largest absolute Gasteiger partial charge is 0.373 e. The van der Waals surface area contributed by atoms with Crippen LogP contribution in [0.4, 0.5) is 0 Å². The summed E-state index contributed by atoms with van der Waals surface area (Å²) in [5, 5.41) is 3.67. The predicted molar refractivity (Wildman–Crippen MR) is 67.0 cm³/mol. The molecule has 1 spiro atoms. The van der Waals surface area contributed by atoms with Crippen LogP contribution < -0.4 is 5.32 Å². The monoisotopic (exact) mass is 236 g/mol. The highest BCUT2D eigenvalue weighted by Crippen LogP contribution is 2.75. The van der Waals surface area contributed by atoms with Gasteiger partial charge in [-0.25, -0.2) is 0 Å². The van der Waals surface area contributed by atoms with Crippen LogP contribution in [-0.2, 0) is 4.74 Å². The molecule has 4 rings (SSSR count). The maximum Gasteiger partial charge on any atom is 0.0678 e. The molecule has 96 valence electrons. The van der Waals surface area contributed by atoms with Gasteiger partial charge in [0.15, 0.2) is 0 Å². The van der Waals surface area contributed by atoms with E-state index in [4.69, 9.17) is 4.74 Å². The fourth-order valence-electron chi connectivity index (χ4n) is 5.56. The van der Waals surface area contributed by atoms with Crippen molar-refractivity contribution in [3.8, 4) is 0 Å². The van der Waals surface area contributed by atoms with E-state index in [1.807, 2.05) is 0 Å². The van der Waals surface area contributed by atoms with Crippen molar-refractivity contribution in [3.63, 3.8) is 0 Å². The number of rotatable bonds is 1. The molecule has 5 atom stereocenters. The summed E-state index contributed by atoms with van der Waals surface area (Å²) in [6, 6.07) is 0. The van der Waals surface area contributed by atoms with Crippen LogP contribution in [0, 0.1) is 11.3 Å². The number of fused-ring (bicyclic) bond motifs is 1. The number of morpholine rings is 1. The smallest absolute Gasteiger partial charge is 0.0678 e. The van der Waals surface area contributed by atoms with Gasteiger partial charge < -0.3 is 10.1 Å². The molecule has 0 radical (unpaired) electrons. The average molecular weight is 236 g/mol. The van der Waals surface area contributed by atoms with Gasteiger partial charge in [0.1, 0.15) is 0 Å². The first-order valence-corrected chi connectivity index (χ1v) is 7.30. The first kappa shape index (κ1) is 10.8. The second-order valence-electron chi connectivity index (χ2n) is 6.79. The normalized spacial score (nSPS) is 57.9. The first-order valence-electron chi connectivity index (χ1n) is 7.30. The Morgan fingerprint density at radius 2 is 1.94 bits per heavy atom. The molecule has 0 amide bonds. The summed E-state index contributed by atoms with van der Waals surface area (Å²) >= 11 is 0. The van der Waals surface area contributed by atoms with Gasteiger partial charge in [-0.3, -0.25) is 4.90 Å². The molecule has 0 aromatic rings. The highest BCUT2D eigenvalue weighted by atomic mass is 16.5. The molecule has 0 aromatic carbocycles. The molecule has 17 heavy (non-hydrogen) atoms. The van der Waals surface area contributed by atoms with Crippen molar-refractivity contribution in [2.45, 2.75) is 50.9 Å². The molecule has 2 aliphatic carbocycles. The van der Waals surface area contributed by atoms with Crippen LogP contribution in [0.15, 0.2) is 0 Å². The number of ether oxygens (including phenoxy) is 1.